The number of methoxy groups -OCH3 is 2. The maximum absolute atomic E-state index is 13.6. The molecular formula is C38H37ClN2O6. The van der Waals surface area contributed by atoms with Gasteiger partial charge in [0.1, 0.15) is 5.75 Å². The number of benzene rings is 4. The predicted molar refractivity (Wildman–Crippen MR) is 179 cm³/mol. The molecule has 9 heteroatoms. The van der Waals surface area contributed by atoms with Crippen LogP contribution in [0.25, 0.3) is 0 Å². The van der Waals surface area contributed by atoms with Crippen LogP contribution >= 0.6 is 11.6 Å². The zero-order chi connectivity index (χ0) is 32.2. The maximum atomic E-state index is 13.6. The van der Waals surface area contributed by atoms with Crippen molar-refractivity contribution in [1.29, 1.82) is 0 Å². The first-order valence-electron chi connectivity index (χ1n) is 16.2. The number of alkyl halides is 1. The third kappa shape index (κ3) is 5.24. The fourth-order valence-electron chi connectivity index (χ4n) is 7.57. The highest BCUT2D eigenvalue weighted by atomic mass is 35.5. The Hall–Kier alpha value is -4.40. The Morgan fingerprint density at radius 1 is 0.787 bits per heavy atom. The van der Waals surface area contributed by atoms with E-state index in [1.807, 2.05) is 29.2 Å². The van der Waals surface area contributed by atoms with Crippen LogP contribution in [-0.2, 0) is 30.5 Å². The summed E-state index contributed by atoms with van der Waals surface area (Å²) in [7, 11) is 5.49. The van der Waals surface area contributed by atoms with Gasteiger partial charge >= 0.3 is 0 Å². The summed E-state index contributed by atoms with van der Waals surface area (Å²) in [6.07, 6.45) is 3.19. The molecule has 8 nitrogen and oxygen atoms in total. The molecule has 0 unspecified atom stereocenters. The average Bonchev–Trinajstić information content (AvgIpc) is 3.08. The van der Waals surface area contributed by atoms with E-state index in [4.69, 9.17) is 35.3 Å². The van der Waals surface area contributed by atoms with Crippen LogP contribution in [0.1, 0.15) is 51.9 Å². The molecule has 4 aromatic carbocycles. The number of fused-ring (bicyclic) bond motifs is 2. The lowest BCUT2D eigenvalue weighted by molar-refractivity contribution is -0.133. The number of likely N-dealkylation sites (N-methyl/N-ethyl adjacent to an activating group) is 1. The Balaban J connectivity index is 1.33. The van der Waals surface area contributed by atoms with E-state index in [9.17, 15) is 4.79 Å². The normalized spacial score (nSPS) is 19.2. The van der Waals surface area contributed by atoms with E-state index in [-0.39, 0.29) is 30.3 Å². The summed E-state index contributed by atoms with van der Waals surface area (Å²) in [5, 5.41) is 0. The van der Waals surface area contributed by atoms with Crippen LogP contribution in [-0.4, -0.2) is 55.9 Å². The van der Waals surface area contributed by atoms with Crippen molar-refractivity contribution in [1.82, 2.24) is 9.80 Å². The van der Waals surface area contributed by atoms with Gasteiger partial charge in [0.2, 0.25) is 11.7 Å². The molecule has 2 atom stereocenters. The summed E-state index contributed by atoms with van der Waals surface area (Å²) >= 11 is 6.09. The highest BCUT2D eigenvalue weighted by Crippen LogP contribution is 2.57. The van der Waals surface area contributed by atoms with Crippen LogP contribution in [0.15, 0.2) is 60.7 Å². The van der Waals surface area contributed by atoms with Crippen molar-refractivity contribution in [2.45, 2.75) is 44.2 Å². The summed E-state index contributed by atoms with van der Waals surface area (Å²) in [6, 6.07) is 20.4. The maximum Gasteiger partial charge on any atom is 0.224 e. The van der Waals surface area contributed by atoms with Gasteiger partial charge < -0.3 is 28.6 Å². The summed E-state index contributed by atoms with van der Waals surface area (Å²) in [6.45, 7) is 1.50. The molecule has 0 spiro atoms. The third-order valence-corrected chi connectivity index (χ3v) is 10.2. The largest absolute Gasteiger partial charge is 0.493 e. The number of amides is 1. The quantitative estimate of drug-likeness (QED) is 0.184. The average molecular weight is 653 g/mol. The monoisotopic (exact) mass is 652 g/mol. The number of nitrogens with zero attached hydrogens (tertiary/aromatic N) is 2. The smallest absolute Gasteiger partial charge is 0.224 e. The molecule has 0 radical (unpaired) electrons. The van der Waals surface area contributed by atoms with Gasteiger partial charge in [0, 0.05) is 37.0 Å². The molecule has 5 aliphatic rings. The summed E-state index contributed by atoms with van der Waals surface area (Å²) in [5.74, 6) is 5.46. The SMILES string of the molecule is COc1ccc2cc1Oc1ccc(cc1)C[C@H]1c3c(cc(OC)c4c3Oc3cc5c(cc3O4)CCN(C)[C@H]5C2)CCN1C(=O)CCCl. The summed E-state index contributed by atoms with van der Waals surface area (Å²) in [4.78, 5) is 17.9. The second-order valence-electron chi connectivity index (χ2n) is 12.7. The standard InChI is InChI=1S/C38H37ClN2O6/c1-40-14-11-24-19-32-33-21-27(24)28(40)17-23-6-9-30(43-2)31(18-23)45-26-7-4-22(5-8-26)16-29-36-25(12-15-41(29)35(42)10-13-39)20-34(44-3)37(46-32)38(36)47-33/h4-9,18-21,28-29H,10-17H2,1-3H3/t28-,29-/m0/s1. The van der Waals surface area contributed by atoms with E-state index in [0.29, 0.717) is 65.4 Å². The minimum absolute atomic E-state index is 0.0198. The van der Waals surface area contributed by atoms with E-state index in [0.717, 1.165) is 41.6 Å². The Morgan fingerprint density at radius 3 is 2.30 bits per heavy atom. The van der Waals surface area contributed by atoms with Crippen molar-refractivity contribution in [2.24, 2.45) is 0 Å². The minimum atomic E-state index is -0.293. The predicted octanol–water partition coefficient (Wildman–Crippen LogP) is 7.78. The Bertz CT molecular complexity index is 1880. The number of hydrogen-bond acceptors (Lipinski definition) is 7. The van der Waals surface area contributed by atoms with Crippen LogP contribution in [0.4, 0.5) is 0 Å². The highest BCUT2D eigenvalue weighted by molar-refractivity contribution is 6.18. The third-order valence-electron chi connectivity index (χ3n) is 10.00. The number of halogens is 1. The Labute approximate surface area is 279 Å². The second kappa shape index (κ2) is 12.0. The fourth-order valence-corrected chi connectivity index (χ4v) is 7.73. The van der Waals surface area contributed by atoms with E-state index in [2.05, 4.69) is 48.3 Å². The topological polar surface area (TPSA) is 69.7 Å². The molecule has 47 heavy (non-hydrogen) atoms. The first kappa shape index (κ1) is 30.0. The molecule has 0 aliphatic carbocycles. The molecule has 5 heterocycles. The molecule has 0 saturated heterocycles. The molecule has 0 N–H and O–H groups in total. The number of rotatable bonds is 4. The minimum Gasteiger partial charge on any atom is -0.493 e. The van der Waals surface area contributed by atoms with Gasteiger partial charge in [0.05, 0.1) is 20.3 Å². The first-order chi connectivity index (χ1) is 22.9. The second-order valence-corrected chi connectivity index (χ2v) is 13.1. The van der Waals surface area contributed by atoms with Crippen LogP contribution in [0.5, 0.6) is 46.0 Å². The molecular weight excluding hydrogens is 616 g/mol. The number of carbonyl (C=O) groups is 1. The molecule has 242 valence electrons. The highest BCUT2D eigenvalue weighted by Gasteiger charge is 2.39. The molecule has 7 bridgehead atoms. The number of carbonyl (C=O) groups excluding carboxylic acids is 1. The first-order valence-corrected chi connectivity index (χ1v) is 16.7. The molecule has 0 fully saturated rings. The molecule has 4 aromatic rings. The van der Waals surface area contributed by atoms with E-state index < -0.39 is 0 Å². The lowest BCUT2D eigenvalue weighted by Crippen LogP contribution is -2.41. The van der Waals surface area contributed by atoms with Gasteiger partial charge in [-0.3, -0.25) is 9.69 Å². The molecule has 5 aliphatic heterocycles. The van der Waals surface area contributed by atoms with Crippen molar-refractivity contribution < 1.29 is 28.5 Å². The van der Waals surface area contributed by atoms with Crippen molar-refractivity contribution in [2.75, 3.05) is 40.2 Å². The van der Waals surface area contributed by atoms with Crippen molar-refractivity contribution in [3.8, 4) is 46.0 Å². The molecule has 9 rings (SSSR count). The van der Waals surface area contributed by atoms with E-state index in [1.54, 1.807) is 14.2 Å². The van der Waals surface area contributed by atoms with Crippen molar-refractivity contribution >= 4 is 17.5 Å². The number of ether oxygens (including phenoxy) is 5. The van der Waals surface area contributed by atoms with E-state index in [1.165, 1.54) is 11.1 Å². The van der Waals surface area contributed by atoms with Gasteiger partial charge in [0.25, 0.3) is 0 Å². The van der Waals surface area contributed by atoms with Crippen molar-refractivity contribution in [3.63, 3.8) is 0 Å². The molecule has 1 amide bonds. The summed E-state index contributed by atoms with van der Waals surface area (Å²) < 4.78 is 31.6. The molecule has 0 saturated carbocycles. The van der Waals surface area contributed by atoms with Crippen LogP contribution in [0.2, 0.25) is 0 Å². The lowest BCUT2D eigenvalue weighted by Gasteiger charge is -2.40. The van der Waals surface area contributed by atoms with Gasteiger partial charge in [-0.15, -0.1) is 11.6 Å². The Morgan fingerprint density at radius 2 is 1.51 bits per heavy atom. The van der Waals surface area contributed by atoms with Gasteiger partial charge in [-0.25, -0.2) is 0 Å². The van der Waals surface area contributed by atoms with E-state index >= 15 is 0 Å². The van der Waals surface area contributed by atoms with Crippen LogP contribution < -0.4 is 23.7 Å². The number of hydrogen-bond donors (Lipinski definition) is 0. The molecule has 0 aromatic heterocycles. The zero-order valence-electron chi connectivity index (χ0n) is 26.8. The van der Waals surface area contributed by atoms with Crippen molar-refractivity contribution in [3.05, 3.63) is 94.0 Å². The van der Waals surface area contributed by atoms with Gasteiger partial charge in [0.15, 0.2) is 34.5 Å². The zero-order valence-corrected chi connectivity index (χ0v) is 27.6. The van der Waals surface area contributed by atoms with Crippen LogP contribution in [0.3, 0.4) is 0 Å². The Kier molecular flexibility index (Phi) is 7.65. The van der Waals surface area contributed by atoms with Crippen LogP contribution in [0, 0.1) is 0 Å². The van der Waals surface area contributed by atoms with Gasteiger partial charge in [-0.05, 0) is 103 Å². The van der Waals surface area contributed by atoms with Gasteiger partial charge in [-0.1, -0.05) is 18.2 Å². The fraction of sp³-hybridized carbons (Fsp3) is 0.342. The van der Waals surface area contributed by atoms with Gasteiger partial charge in [-0.2, -0.15) is 0 Å². The lowest BCUT2D eigenvalue weighted by atomic mass is 9.86. The summed E-state index contributed by atoms with van der Waals surface area (Å²) in [5.41, 5.74) is 6.70.